The average molecular weight is 368 g/mol. The van der Waals surface area contributed by atoms with Crippen LogP contribution in [0.5, 0.6) is 0 Å². The molecule has 1 amide bonds. The van der Waals surface area contributed by atoms with Crippen molar-refractivity contribution in [1.82, 2.24) is 18.5 Å². The minimum atomic E-state index is -2.94. The van der Waals surface area contributed by atoms with Crippen LogP contribution in [-0.4, -0.2) is 71.1 Å². The highest BCUT2D eigenvalue weighted by Crippen LogP contribution is 2.17. The molecule has 2 aromatic rings. The third-order valence-electron chi connectivity index (χ3n) is 4.38. The van der Waals surface area contributed by atoms with Crippen molar-refractivity contribution in [3.05, 3.63) is 23.8 Å². The minimum Gasteiger partial charge on any atom is -0.340 e. The van der Waals surface area contributed by atoms with E-state index in [0.717, 1.165) is 16.6 Å². The Morgan fingerprint density at radius 2 is 2.04 bits per heavy atom. The summed E-state index contributed by atoms with van der Waals surface area (Å²) in [5.74, 6) is 0.333. The molecule has 0 aliphatic carbocycles. The summed E-state index contributed by atoms with van der Waals surface area (Å²) < 4.78 is 31.5. The van der Waals surface area contributed by atoms with Crippen molar-refractivity contribution in [2.24, 2.45) is 0 Å². The lowest BCUT2D eigenvalue weighted by Gasteiger charge is -2.25. The summed E-state index contributed by atoms with van der Waals surface area (Å²) in [7, 11) is 0.626. The van der Waals surface area contributed by atoms with E-state index in [2.05, 4.69) is 8.75 Å². The van der Waals surface area contributed by atoms with Crippen molar-refractivity contribution in [3.8, 4) is 0 Å². The van der Waals surface area contributed by atoms with Crippen LogP contribution >= 0.6 is 11.7 Å². The molecule has 0 saturated carbocycles. The third kappa shape index (κ3) is 3.90. The topological polar surface area (TPSA) is 83.5 Å². The van der Waals surface area contributed by atoms with E-state index in [0.29, 0.717) is 13.0 Å². The lowest BCUT2D eigenvalue weighted by molar-refractivity contribution is -0.131. The molecule has 0 spiro atoms. The van der Waals surface area contributed by atoms with Crippen LogP contribution in [0, 0.1) is 0 Å². The maximum Gasteiger partial charge on any atom is 0.236 e. The molecule has 0 unspecified atom stereocenters. The highest BCUT2D eigenvalue weighted by Gasteiger charge is 2.31. The van der Waals surface area contributed by atoms with Crippen LogP contribution < -0.4 is 0 Å². The summed E-state index contributed by atoms with van der Waals surface area (Å²) in [5.41, 5.74) is 2.70. The molecule has 1 aromatic carbocycles. The zero-order chi connectivity index (χ0) is 17.3. The van der Waals surface area contributed by atoms with Crippen LogP contribution in [0.1, 0.15) is 12.0 Å². The molecule has 24 heavy (non-hydrogen) atoms. The van der Waals surface area contributed by atoms with E-state index in [9.17, 15) is 13.2 Å². The van der Waals surface area contributed by atoms with Crippen LogP contribution in [-0.2, 0) is 21.2 Å². The first-order chi connectivity index (χ1) is 11.3. The molecular weight excluding hydrogens is 348 g/mol. The fourth-order valence-electron chi connectivity index (χ4n) is 2.87. The number of sulfone groups is 1. The van der Waals surface area contributed by atoms with Crippen LogP contribution in [0.25, 0.3) is 11.0 Å². The number of benzene rings is 1. The summed E-state index contributed by atoms with van der Waals surface area (Å²) in [6.07, 6.45) is 0.601. The Kier molecular flexibility index (Phi) is 4.84. The lowest BCUT2D eigenvalue weighted by atomic mass is 10.2. The van der Waals surface area contributed by atoms with Gasteiger partial charge in [0, 0.05) is 19.6 Å². The fourth-order valence-corrected chi connectivity index (χ4v) is 5.20. The normalized spacial score (nSPS) is 19.9. The van der Waals surface area contributed by atoms with Gasteiger partial charge in [0.2, 0.25) is 5.91 Å². The number of likely N-dealkylation sites (N-methyl/N-ethyl adjacent to an activating group) is 2. The molecule has 1 atom stereocenters. The summed E-state index contributed by atoms with van der Waals surface area (Å²) in [6, 6.07) is 5.73. The number of carbonyl (C=O) groups is 1. The van der Waals surface area contributed by atoms with Gasteiger partial charge in [0.1, 0.15) is 11.0 Å². The molecular formula is C15H20N4O3S2. The molecule has 1 fully saturated rings. The number of hydrogen-bond acceptors (Lipinski definition) is 7. The maximum atomic E-state index is 12.4. The molecule has 130 valence electrons. The van der Waals surface area contributed by atoms with Gasteiger partial charge in [-0.1, -0.05) is 6.07 Å². The third-order valence-corrected chi connectivity index (χ3v) is 6.69. The van der Waals surface area contributed by atoms with Gasteiger partial charge in [-0.2, -0.15) is 8.75 Å². The van der Waals surface area contributed by atoms with E-state index in [-0.39, 0.29) is 30.0 Å². The molecule has 1 saturated heterocycles. The van der Waals surface area contributed by atoms with Crippen molar-refractivity contribution in [3.63, 3.8) is 0 Å². The van der Waals surface area contributed by atoms with E-state index in [1.807, 2.05) is 30.1 Å². The molecule has 9 heteroatoms. The number of aromatic nitrogens is 2. The predicted molar refractivity (Wildman–Crippen MR) is 93.6 cm³/mol. The molecule has 1 aromatic heterocycles. The number of fused-ring (bicyclic) bond motifs is 1. The molecule has 3 rings (SSSR count). The minimum absolute atomic E-state index is 0.0294. The Bertz CT molecular complexity index is 849. The number of nitrogens with zero attached hydrogens (tertiary/aromatic N) is 4. The first kappa shape index (κ1) is 17.2. The second-order valence-electron chi connectivity index (χ2n) is 6.31. The highest BCUT2D eigenvalue weighted by atomic mass is 32.2. The number of hydrogen-bond donors (Lipinski definition) is 0. The van der Waals surface area contributed by atoms with Gasteiger partial charge >= 0.3 is 0 Å². The molecule has 1 aliphatic heterocycles. The standard InChI is InChI=1S/C15H20N4O3S2/c1-18(12-5-6-24(21,22)10-12)9-15(20)19(2)8-11-3-4-13-14(7-11)17-23-16-13/h3-4,7,12H,5-6,8-10H2,1-2H3/t12-/m0/s1. The van der Waals surface area contributed by atoms with Crippen molar-refractivity contribution >= 4 is 38.5 Å². The van der Waals surface area contributed by atoms with Gasteiger partial charge in [0.05, 0.1) is 29.8 Å². The van der Waals surface area contributed by atoms with Crippen LogP contribution in [0.2, 0.25) is 0 Å². The molecule has 2 heterocycles. The second-order valence-corrected chi connectivity index (χ2v) is 9.07. The fraction of sp³-hybridized carbons (Fsp3) is 0.533. The second kappa shape index (κ2) is 6.73. The highest BCUT2D eigenvalue weighted by molar-refractivity contribution is 7.91. The Balaban J connectivity index is 1.58. The Morgan fingerprint density at radius 3 is 2.75 bits per heavy atom. The summed E-state index contributed by atoms with van der Waals surface area (Å²) in [5, 5.41) is 0. The van der Waals surface area contributed by atoms with Gasteiger partial charge in [-0.15, -0.1) is 0 Å². The summed E-state index contributed by atoms with van der Waals surface area (Å²) >= 11 is 1.17. The lowest BCUT2D eigenvalue weighted by Crippen LogP contribution is -2.41. The van der Waals surface area contributed by atoms with Gasteiger partial charge < -0.3 is 4.90 Å². The quantitative estimate of drug-likeness (QED) is 0.775. The van der Waals surface area contributed by atoms with Crippen LogP contribution in [0.4, 0.5) is 0 Å². The Labute approximate surface area is 145 Å². The average Bonchev–Trinajstić information content (AvgIpc) is 3.12. The van der Waals surface area contributed by atoms with E-state index in [1.54, 1.807) is 11.9 Å². The van der Waals surface area contributed by atoms with Crippen molar-refractivity contribution in [1.29, 1.82) is 0 Å². The Morgan fingerprint density at radius 1 is 1.29 bits per heavy atom. The smallest absolute Gasteiger partial charge is 0.236 e. The van der Waals surface area contributed by atoms with Crippen LogP contribution in [0.15, 0.2) is 18.2 Å². The number of carbonyl (C=O) groups excluding carboxylic acids is 1. The van der Waals surface area contributed by atoms with Gasteiger partial charge in [-0.05, 0) is 31.2 Å². The predicted octanol–water partition coefficient (Wildman–Crippen LogP) is 0.769. The molecule has 0 N–H and O–H groups in total. The molecule has 0 radical (unpaired) electrons. The van der Waals surface area contributed by atoms with Gasteiger partial charge in [-0.3, -0.25) is 9.69 Å². The van der Waals surface area contributed by atoms with Gasteiger partial charge in [-0.25, -0.2) is 8.42 Å². The maximum absolute atomic E-state index is 12.4. The number of amides is 1. The largest absolute Gasteiger partial charge is 0.340 e. The van der Waals surface area contributed by atoms with Crippen molar-refractivity contribution in [2.45, 2.75) is 19.0 Å². The first-order valence-electron chi connectivity index (χ1n) is 7.70. The van der Waals surface area contributed by atoms with Crippen molar-refractivity contribution in [2.75, 3.05) is 32.1 Å². The van der Waals surface area contributed by atoms with E-state index < -0.39 is 9.84 Å². The van der Waals surface area contributed by atoms with Crippen molar-refractivity contribution < 1.29 is 13.2 Å². The zero-order valence-corrected chi connectivity index (χ0v) is 15.3. The summed E-state index contributed by atoms with van der Waals surface area (Å²) in [6.45, 7) is 0.709. The molecule has 0 bridgehead atoms. The van der Waals surface area contributed by atoms with Gasteiger partial charge in [0.15, 0.2) is 9.84 Å². The number of rotatable bonds is 5. The molecule has 7 nitrogen and oxygen atoms in total. The van der Waals surface area contributed by atoms with E-state index in [4.69, 9.17) is 0 Å². The Hall–Kier alpha value is -1.58. The monoisotopic (exact) mass is 368 g/mol. The van der Waals surface area contributed by atoms with Crippen LogP contribution in [0.3, 0.4) is 0 Å². The van der Waals surface area contributed by atoms with E-state index in [1.165, 1.54) is 11.7 Å². The zero-order valence-electron chi connectivity index (χ0n) is 13.7. The first-order valence-corrected chi connectivity index (χ1v) is 10.2. The van der Waals surface area contributed by atoms with Gasteiger partial charge in [0.25, 0.3) is 0 Å². The SMILES string of the molecule is CN(Cc1ccc2nsnc2c1)C(=O)CN(C)[C@H]1CCS(=O)(=O)C1. The summed E-state index contributed by atoms with van der Waals surface area (Å²) in [4.78, 5) is 15.9. The van der Waals surface area contributed by atoms with E-state index >= 15 is 0 Å². The molecule has 1 aliphatic rings.